The van der Waals surface area contributed by atoms with Crippen molar-refractivity contribution < 1.29 is 19.4 Å². The van der Waals surface area contributed by atoms with Gasteiger partial charge in [-0.25, -0.2) is 9.59 Å². The van der Waals surface area contributed by atoms with Gasteiger partial charge in [-0.2, -0.15) is 0 Å². The molecule has 0 aliphatic rings. The molecule has 1 N–H and O–H groups in total. The molecule has 0 aliphatic carbocycles. The van der Waals surface area contributed by atoms with Crippen LogP contribution in [0.3, 0.4) is 0 Å². The molecule has 0 bridgehead atoms. The number of aryl methyl sites for hydroxylation is 1. The predicted octanol–water partition coefficient (Wildman–Crippen LogP) is 3.93. The summed E-state index contributed by atoms with van der Waals surface area (Å²) < 4.78 is 5.21. The topological polar surface area (TPSA) is 63.6 Å². The Bertz CT molecular complexity index is 470. The van der Waals surface area contributed by atoms with Crippen LogP contribution >= 0.6 is 0 Å². The van der Waals surface area contributed by atoms with E-state index in [1.54, 1.807) is 32.9 Å². The summed E-state index contributed by atoms with van der Waals surface area (Å²) in [6.45, 7) is 11.1. The fourth-order valence-corrected chi connectivity index (χ4v) is 1.65. The molecule has 0 unspecified atom stereocenters. The van der Waals surface area contributed by atoms with Crippen LogP contribution < -0.4 is 0 Å². The maximum atomic E-state index is 12.0. The molecule has 0 fully saturated rings. The van der Waals surface area contributed by atoms with Crippen molar-refractivity contribution in [1.82, 2.24) is 0 Å². The smallest absolute Gasteiger partial charge is 0.339 e. The Morgan fingerprint density at radius 1 is 1.20 bits per heavy atom. The maximum Gasteiger partial charge on any atom is 0.339 e. The summed E-state index contributed by atoms with van der Waals surface area (Å²) in [5, 5.41) is 9.22. The Morgan fingerprint density at radius 2 is 1.75 bits per heavy atom. The number of carboxylic acids is 1. The van der Waals surface area contributed by atoms with E-state index in [1.165, 1.54) is 6.07 Å². The molecule has 20 heavy (non-hydrogen) atoms. The Morgan fingerprint density at radius 3 is 2.15 bits per heavy atom. The fraction of sp³-hybridized carbons (Fsp3) is 0.500. The van der Waals surface area contributed by atoms with E-state index in [1.807, 2.05) is 20.8 Å². The molecule has 4 heteroatoms. The average molecular weight is 280 g/mol. The summed E-state index contributed by atoms with van der Waals surface area (Å²) >= 11 is 0. The SMILES string of the molecule is CC.CCc1cccc(C(=O)OC(C)(C)C)c1C(=O)O. The zero-order valence-corrected chi connectivity index (χ0v) is 13.1. The molecule has 0 spiro atoms. The van der Waals surface area contributed by atoms with Crippen molar-refractivity contribution in [3.8, 4) is 0 Å². The molecule has 0 aliphatic heterocycles. The van der Waals surface area contributed by atoms with Gasteiger partial charge < -0.3 is 9.84 Å². The van der Waals surface area contributed by atoms with Crippen molar-refractivity contribution in [2.75, 3.05) is 0 Å². The second kappa shape index (κ2) is 7.68. The molecule has 0 saturated heterocycles. The van der Waals surface area contributed by atoms with E-state index in [2.05, 4.69) is 0 Å². The molecule has 1 rings (SSSR count). The lowest BCUT2D eigenvalue weighted by Gasteiger charge is -2.20. The summed E-state index contributed by atoms with van der Waals surface area (Å²) in [6.07, 6.45) is 0.554. The molecule has 0 aromatic heterocycles. The minimum Gasteiger partial charge on any atom is -0.478 e. The predicted molar refractivity (Wildman–Crippen MR) is 79.3 cm³/mol. The van der Waals surface area contributed by atoms with Crippen molar-refractivity contribution in [2.45, 2.75) is 53.6 Å². The summed E-state index contributed by atoms with van der Waals surface area (Å²) in [7, 11) is 0. The van der Waals surface area contributed by atoms with Crippen molar-refractivity contribution in [1.29, 1.82) is 0 Å². The maximum absolute atomic E-state index is 12.0. The first-order valence-electron chi connectivity index (χ1n) is 6.84. The largest absolute Gasteiger partial charge is 0.478 e. The number of benzene rings is 1. The minimum atomic E-state index is -1.10. The van der Waals surface area contributed by atoms with Gasteiger partial charge in [-0.1, -0.05) is 32.9 Å². The van der Waals surface area contributed by atoms with E-state index in [-0.39, 0.29) is 11.1 Å². The van der Waals surface area contributed by atoms with Gasteiger partial charge in [0.2, 0.25) is 0 Å². The fourth-order valence-electron chi connectivity index (χ4n) is 1.65. The van der Waals surface area contributed by atoms with Crippen LogP contribution in [0.15, 0.2) is 18.2 Å². The van der Waals surface area contributed by atoms with Gasteiger partial charge in [0.1, 0.15) is 5.60 Å². The highest BCUT2D eigenvalue weighted by molar-refractivity contribution is 6.03. The number of esters is 1. The highest BCUT2D eigenvalue weighted by atomic mass is 16.6. The van der Waals surface area contributed by atoms with Gasteiger partial charge in [0.05, 0.1) is 11.1 Å². The van der Waals surface area contributed by atoms with Gasteiger partial charge in [-0.05, 0) is 38.8 Å². The van der Waals surface area contributed by atoms with Crippen LogP contribution in [0.5, 0.6) is 0 Å². The molecule has 0 heterocycles. The second-order valence-electron chi connectivity index (χ2n) is 5.00. The number of hydrogen-bond acceptors (Lipinski definition) is 3. The third-order valence-corrected chi connectivity index (χ3v) is 2.36. The van der Waals surface area contributed by atoms with Crippen molar-refractivity contribution in [3.05, 3.63) is 34.9 Å². The van der Waals surface area contributed by atoms with Crippen LogP contribution in [-0.2, 0) is 11.2 Å². The Labute approximate surface area is 120 Å². The molecule has 0 radical (unpaired) electrons. The zero-order chi connectivity index (χ0) is 15.9. The summed E-state index contributed by atoms with van der Waals surface area (Å²) in [5.41, 5.74) is 0.131. The van der Waals surface area contributed by atoms with Crippen LogP contribution in [0.2, 0.25) is 0 Å². The number of hydrogen-bond donors (Lipinski definition) is 1. The van der Waals surface area contributed by atoms with E-state index < -0.39 is 17.5 Å². The number of aromatic carboxylic acids is 1. The van der Waals surface area contributed by atoms with E-state index in [4.69, 9.17) is 4.74 Å². The Balaban J connectivity index is 0.00000172. The molecule has 4 nitrogen and oxygen atoms in total. The summed E-state index contributed by atoms with van der Waals surface area (Å²) in [6, 6.07) is 4.86. The molecular weight excluding hydrogens is 256 g/mol. The number of carbonyl (C=O) groups is 2. The number of carboxylic acid groups (broad SMARTS) is 1. The highest BCUT2D eigenvalue weighted by Crippen LogP contribution is 2.19. The average Bonchev–Trinajstić information content (AvgIpc) is 2.38. The molecule has 0 amide bonds. The lowest BCUT2D eigenvalue weighted by molar-refractivity contribution is 0.00657. The molecule has 1 aromatic carbocycles. The Kier molecular flexibility index (Phi) is 6.97. The first kappa shape index (κ1) is 18.2. The van der Waals surface area contributed by atoms with Crippen molar-refractivity contribution in [3.63, 3.8) is 0 Å². The standard InChI is InChI=1S/C14H18O4.C2H6/c1-5-9-7-6-8-10(11(9)12(15)16)13(17)18-14(2,3)4;1-2/h6-8H,5H2,1-4H3,(H,15,16);1-2H3. The van der Waals surface area contributed by atoms with E-state index >= 15 is 0 Å². The quantitative estimate of drug-likeness (QED) is 0.852. The highest BCUT2D eigenvalue weighted by Gasteiger charge is 2.24. The van der Waals surface area contributed by atoms with E-state index in [0.29, 0.717) is 12.0 Å². The molecular formula is C16H24O4. The number of ether oxygens (including phenoxy) is 1. The molecule has 0 atom stereocenters. The van der Waals surface area contributed by atoms with Gasteiger partial charge >= 0.3 is 11.9 Å². The normalized spacial score (nSPS) is 10.3. The first-order chi connectivity index (χ1) is 9.26. The van der Waals surface area contributed by atoms with Crippen LogP contribution in [0, 0.1) is 0 Å². The van der Waals surface area contributed by atoms with Gasteiger partial charge in [0, 0.05) is 0 Å². The van der Waals surface area contributed by atoms with E-state index in [0.717, 1.165) is 0 Å². The monoisotopic (exact) mass is 280 g/mol. The van der Waals surface area contributed by atoms with Gasteiger partial charge in [-0.3, -0.25) is 0 Å². The lowest BCUT2D eigenvalue weighted by atomic mass is 9.99. The van der Waals surface area contributed by atoms with Gasteiger partial charge in [0.15, 0.2) is 0 Å². The second-order valence-corrected chi connectivity index (χ2v) is 5.00. The van der Waals surface area contributed by atoms with E-state index in [9.17, 15) is 14.7 Å². The molecule has 1 aromatic rings. The zero-order valence-electron chi connectivity index (χ0n) is 13.1. The minimum absolute atomic E-state index is 0.0363. The third kappa shape index (κ3) is 5.03. The molecule has 112 valence electrons. The van der Waals surface area contributed by atoms with Crippen molar-refractivity contribution >= 4 is 11.9 Å². The third-order valence-electron chi connectivity index (χ3n) is 2.36. The summed E-state index contributed by atoms with van der Waals surface area (Å²) in [5.74, 6) is -1.71. The molecule has 0 saturated carbocycles. The summed E-state index contributed by atoms with van der Waals surface area (Å²) in [4.78, 5) is 23.2. The number of rotatable bonds is 3. The van der Waals surface area contributed by atoms with Crippen LogP contribution in [0.1, 0.15) is 67.8 Å². The van der Waals surface area contributed by atoms with Crippen LogP contribution in [-0.4, -0.2) is 22.6 Å². The van der Waals surface area contributed by atoms with Gasteiger partial charge in [-0.15, -0.1) is 0 Å². The number of carbonyl (C=O) groups excluding carboxylic acids is 1. The Hall–Kier alpha value is -1.84. The first-order valence-corrected chi connectivity index (χ1v) is 6.84. The lowest BCUT2D eigenvalue weighted by Crippen LogP contribution is -2.25. The van der Waals surface area contributed by atoms with Crippen molar-refractivity contribution in [2.24, 2.45) is 0 Å². The van der Waals surface area contributed by atoms with Gasteiger partial charge in [0.25, 0.3) is 0 Å². The van der Waals surface area contributed by atoms with Crippen LogP contribution in [0.4, 0.5) is 0 Å². The van der Waals surface area contributed by atoms with Crippen LogP contribution in [0.25, 0.3) is 0 Å².